The van der Waals surface area contributed by atoms with Crippen molar-refractivity contribution >= 4 is 17.8 Å². The van der Waals surface area contributed by atoms with Crippen molar-refractivity contribution in [2.24, 2.45) is 11.8 Å². The fourth-order valence-electron chi connectivity index (χ4n) is 5.65. The summed E-state index contributed by atoms with van der Waals surface area (Å²) >= 11 is 0. The molecule has 3 aliphatic heterocycles. The number of fused-ring (bicyclic) bond motifs is 1. The maximum absolute atomic E-state index is 13.8. The molecule has 3 heterocycles. The van der Waals surface area contributed by atoms with Gasteiger partial charge in [0.2, 0.25) is 11.8 Å². The third kappa shape index (κ3) is 3.40. The van der Waals surface area contributed by atoms with Gasteiger partial charge in [0.05, 0.1) is 24.2 Å². The van der Waals surface area contributed by atoms with E-state index in [1.165, 1.54) is 11.0 Å². The SMILES string of the molecule is C=CCOC(=O)[C@@H]1[C@H]2C(=O)N([C@H](C)CO)C(C(=O)N(CC=C)C(C)C)C23CC[C@@]1(C)O3. The monoisotopic (exact) mass is 434 g/mol. The molecule has 2 unspecified atom stereocenters. The molecule has 0 saturated carbocycles. The molecular weight excluding hydrogens is 400 g/mol. The first kappa shape index (κ1) is 23.5. The predicted octanol–water partition coefficient (Wildman–Crippen LogP) is 1.28. The summed E-state index contributed by atoms with van der Waals surface area (Å²) in [5.41, 5.74) is -2.01. The predicted molar refractivity (Wildman–Crippen MR) is 114 cm³/mol. The van der Waals surface area contributed by atoms with Gasteiger partial charge in [-0.05, 0) is 40.5 Å². The van der Waals surface area contributed by atoms with E-state index in [0.717, 1.165) is 0 Å². The molecule has 3 fully saturated rings. The van der Waals surface area contributed by atoms with Crippen molar-refractivity contribution in [1.29, 1.82) is 0 Å². The van der Waals surface area contributed by atoms with E-state index in [1.54, 1.807) is 17.9 Å². The molecule has 0 aromatic rings. The van der Waals surface area contributed by atoms with E-state index >= 15 is 0 Å². The molecule has 8 heteroatoms. The Kier molecular flexibility index (Phi) is 6.35. The molecule has 0 aromatic heterocycles. The molecule has 31 heavy (non-hydrogen) atoms. The van der Waals surface area contributed by atoms with E-state index < -0.39 is 41.1 Å². The molecule has 2 bridgehead atoms. The van der Waals surface area contributed by atoms with E-state index in [4.69, 9.17) is 9.47 Å². The van der Waals surface area contributed by atoms with E-state index in [0.29, 0.717) is 19.4 Å². The van der Waals surface area contributed by atoms with Crippen LogP contribution in [-0.2, 0) is 23.9 Å². The van der Waals surface area contributed by atoms with Crippen molar-refractivity contribution in [2.75, 3.05) is 19.8 Å². The first-order chi connectivity index (χ1) is 14.6. The minimum Gasteiger partial charge on any atom is -0.461 e. The second-order valence-electron chi connectivity index (χ2n) is 9.30. The molecule has 1 spiro atoms. The highest BCUT2D eigenvalue weighted by atomic mass is 16.6. The maximum atomic E-state index is 13.8. The Bertz CT molecular complexity index is 782. The molecule has 3 saturated heterocycles. The lowest BCUT2D eigenvalue weighted by Gasteiger charge is -2.39. The van der Waals surface area contributed by atoms with E-state index in [2.05, 4.69) is 13.2 Å². The lowest BCUT2D eigenvalue weighted by atomic mass is 9.66. The average Bonchev–Trinajstić information content (AvgIpc) is 3.29. The van der Waals surface area contributed by atoms with Crippen molar-refractivity contribution in [3.05, 3.63) is 25.3 Å². The summed E-state index contributed by atoms with van der Waals surface area (Å²) < 4.78 is 11.8. The van der Waals surface area contributed by atoms with Crippen molar-refractivity contribution < 1.29 is 29.0 Å². The molecule has 3 rings (SSSR count). The second-order valence-corrected chi connectivity index (χ2v) is 9.30. The highest BCUT2D eigenvalue weighted by molar-refractivity contribution is 5.98. The standard InChI is InChI=1S/C23H34N2O6/c1-7-11-24(14(3)4)20(28)18-23-10-9-22(6,31-23)17(21(29)30-12-8-2)16(23)19(27)25(18)15(5)13-26/h7-8,14-18,26H,1-2,9-13H2,3-6H3/t15-,16+,17+,18?,22-,23?/m1/s1. The zero-order valence-electron chi connectivity index (χ0n) is 18.9. The largest absolute Gasteiger partial charge is 0.461 e. The summed E-state index contributed by atoms with van der Waals surface area (Å²) in [7, 11) is 0. The molecule has 6 atom stereocenters. The Labute approximate surface area is 183 Å². The van der Waals surface area contributed by atoms with Gasteiger partial charge in [-0.3, -0.25) is 14.4 Å². The van der Waals surface area contributed by atoms with Gasteiger partial charge in [-0.25, -0.2) is 0 Å². The highest BCUT2D eigenvalue weighted by Gasteiger charge is 2.78. The zero-order chi connectivity index (χ0) is 23.1. The van der Waals surface area contributed by atoms with Gasteiger partial charge in [-0.2, -0.15) is 0 Å². The average molecular weight is 435 g/mol. The van der Waals surface area contributed by atoms with Crippen LogP contribution in [0.2, 0.25) is 0 Å². The van der Waals surface area contributed by atoms with Gasteiger partial charge in [0.25, 0.3) is 0 Å². The number of carbonyl (C=O) groups is 3. The first-order valence-electron chi connectivity index (χ1n) is 10.9. The molecule has 2 amide bonds. The molecule has 0 radical (unpaired) electrons. The number of aliphatic hydroxyl groups is 1. The first-order valence-corrected chi connectivity index (χ1v) is 10.9. The number of carbonyl (C=O) groups excluding carboxylic acids is 3. The van der Waals surface area contributed by atoms with Crippen LogP contribution < -0.4 is 0 Å². The number of hydrogen-bond acceptors (Lipinski definition) is 6. The normalized spacial score (nSPS) is 34.6. The van der Waals surface area contributed by atoms with Crippen molar-refractivity contribution in [2.45, 2.75) is 69.9 Å². The van der Waals surface area contributed by atoms with Gasteiger partial charge in [-0.15, -0.1) is 6.58 Å². The summed E-state index contributed by atoms with van der Waals surface area (Å²) in [6.07, 6.45) is 4.14. The van der Waals surface area contributed by atoms with Gasteiger partial charge < -0.3 is 24.4 Å². The Morgan fingerprint density at radius 2 is 2.00 bits per heavy atom. The number of ether oxygens (including phenoxy) is 2. The quantitative estimate of drug-likeness (QED) is 0.434. The van der Waals surface area contributed by atoms with Crippen LogP contribution in [0, 0.1) is 11.8 Å². The Morgan fingerprint density at radius 3 is 2.55 bits per heavy atom. The van der Waals surface area contributed by atoms with Crippen LogP contribution in [-0.4, -0.2) is 81.8 Å². The number of esters is 1. The highest BCUT2D eigenvalue weighted by Crippen LogP contribution is 2.63. The van der Waals surface area contributed by atoms with Gasteiger partial charge in [0, 0.05) is 12.6 Å². The molecule has 0 aromatic carbocycles. The number of amides is 2. The fraction of sp³-hybridized carbons (Fsp3) is 0.696. The Hall–Kier alpha value is -2.19. The summed E-state index contributed by atoms with van der Waals surface area (Å²) in [6.45, 7) is 14.7. The number of nitrogens with zero attached hydrogens (tertiary/aromatic N) is 2. The van der Waals surface area contributed by atoms with Crippen LogP contribution in [0.1, 0.15) is 40.5 Å². The summed E-state index contributed by atoms with van der Waals surface area (Å²) in [5, 5.41) is 9.86. The number of hydrogen-bond donors (Lipinski definition) is 1. The van der Waals surface area contributed by atoms with Gasteiger partial charge >= 0.3 is 5.97 Å². The van der Waals surface area contributed by atoms with Crippen molar-refractivity contribution in [1.82, 2.24) is 9.80 Å². The van der Waals surface area contributed by atoms with Crippen LogP contribution in [0.5, 0.6) is 0 Å². The lowest BCUT2D eigenvalue weighted by molar-refractivity contribution is -0.161. The second kappa shape index (κ2) is 8.39. The summed E-state index contributed by atoms with van der Waals surface area (Å²) in [4.78, 5) is 43.6. The Morgan fingerprint density at radius 1 is 1.32 bits per heavy atom. The third-order valence-corrected chi connectivity index (χ3v) is 7.02. The molecule has 3 aliphatic rings. The third-order valence-electron chi connectivity index (χ3n) is 7.02. The minimum atomic E-state index is -1.13. The maximum Gasteiger partial charge on any atom is 0.313 e. The minimum absolute atomic E-state index is 0.0406. The molecule has 0 aliphatic carbocycles. The molecule has 172 valence electrons. The Balaban J connectivity index is 2.09. The van der Waals surface area contributed by atoms with Crippen LogP contribution in [0.15, 0.2) is 25.3 Å². The van der Waals surface area contributed by atoms with Gasteiger partial charge in [0.1, 0.15) is 24.2 Å². The lowest BCUT2D eigenvalue weighted by Crippen LogP contribution is -2.59. The molecule has 1 N–H and O–H groups in total. The van der Waals surface area contributed by atoms with Crippen LogP contribution in [0.4, 0.5) is 0 Å². The molecule has 8 nitrogen and oxygen atoms in total. The summed E-state index contributed by atoms with van der Waals surface area (Å²) in [6, 6.07) is -1.64. The van der Waals surface area contributed by atoms with E-state index in [9.17, 15) is 19.5 Å². The zero-order valence-corrected chi connectivity index (χ0v) is 18.9. The van der Waals surface area contributed by atoms with Crippen LogP contribution >= 0.6 is 0 Å². The molecular formula is C23H34N2O6. The number of aliphatic hydroxyl groups excluding tert-OH is 1. The smallest absolute Gasteiger partial charge is 0.313 e. The number of rotatable bonds is 9. The van der Waals surface area contributed by atoms with Crippen molar-refractivity contribution in [3.63, 3.8) is 0 Å². The summed E-state index contributed by atoms with van der Waals surface area (Å²) in [5.74, 6) is -2.75. The van der Waals surface area contributed by atoms with Crippen LogP contribution in [0.3, 0.4) is 0 Å². The van der Waals surface area contributed by atoms with Gasteiger partial charge in [0.15, 0.2) is 0 Å². The number of likely N-dealkylation sites (tertiary alicyclic amines) is 1. The topological polar surface area (TPSA) is 96.4 Å². The van der Waals surface area contributed by atoms with Crippen LogP contribution in [0.25, 0.3) is 0 Å². The fourth-order valence-corrected chi connectivity index (χ4v) is 5.65. The van der Waals surface area contributed by atoms with E-state index in [1.807, 2.05) is 20.8 Å². The van der Waals surface area contributed by atoms with E-state index in [-0.39, 0.29) is 31.1 Å². The van der Waals surface area contributed by atoms with Crippen molar-refractivity contribution in [3.8, 4) is 0 Å². The van der Waals surface area contributed by atoms with Gasteiger partial charge in [-0.1, -0.05) is 18.7 Å².